The molecule has 0 bridgehead atoms. The maximum Gasteiger partial charge on any atom is 0.414 e. The van der Waals surface area contributed by atoms with Crippen LogP contribution in [0.3, 0.4) is 0 Å². The molecule has 1 aromatic carbocycles. The van der Waals surface area contributed by atoms with Crippen molar-refractivity contribution in [3.8, 4) is 0 Å². The molecule has 2 heterocycles. The first kappa shape index (κ1) is 26.7. The van der Waals surface area contributed by atoms with Gasteiger partial charge in [-0.3, -0.25) is 9.69 Å². The van der Waals surface area contributed by atoms with Crippen LogP contribution in [0.25, 0.3) is 0 Å². The van der Waals surface area contributed by atoms with Gasteiger partial charge in [0.25, 0.3) is 0 Å². The zero-order chi connectivity index (χ0) is 26.4. The average molecular weight is 506 g/mol. The van der Waals surface area contributed by atoms with E-state index in [1.165, 1.54) is 29.4 Å². The van der Waals surface area contributed by atoms with Crippen molar-refractivity contribution in [3.63, 3.8) is 0 Å². The van der Waals surface area contributed by atoms with E-state index in [1.807, 2.05) is 11.0 Å². The van der Waals surface area contributed by atoms with E-state index >= 15 is 0 Å². The van der Waals surface area contributed by atoms with Crippen molar-refractivity contribution < 1.29 is 14.3 Å². The normalized spacial score (nSPS) is 16.4. The summed E-state index contributed by atoms with van der Waals surface area (Å²) in [6, 6.07) is 11.0. The summed E-state index contributed by atoms with van der Waals surface area (Å²) in [7, 11) is 1.71. The second-order valence-electron chi connectivity index (χ2n) is 10.1. The van der Waals surface area contributed by atoms with Gasteiger partial charge in [-0.25, -0.2) is 9.78 Å². The largest absolute Gasteiger partial charge is 0.444 e. The molecule has 2 amide bonds. The lowest BCUT2D eigenvalue weighted by Crippen LogP contribution is -2.37. The number of nitrogens with zero attached hydrogens (tertiary/aromatic N) is 3. The first-order chi connectivity index (χ1) is 17.9. The number of benzene rings is 1. The third kappa shape index (κ3) is 6.89. The maximum absolute atomic E-state index is 12.1. The lowest BCUT2D eigenvalue weighted by molar-refractivity contribution is -0.126. The van der Waals surface area contributed by atoms with Crippen molar-refractivity contribution in [3.05, 3.63) is 65.9 Å². The molecule has 1 aromatic heterocycles. The van der Waals surface area contributed by atoms with Gasteiger partial charge in [0.1, 0.15) is 12.4 Å². The van der Waals surface area contributed by atoms with Gasteiger partial charge in [-0.1, -0.05) is 50.6 Å². The van der Waals surface area contributed by atoms with E-state index in [0.29, 0.717) is 6.54 Å². The minimum atomic E-state index is -0.354. The highest BCUT2D eigenvalue weighted by Gasteiger charge is 2.27. The second kappa shape index (κ2) is 12.2. The maximum atomic E-state index is 12.1. The number of ether oxygens (including phenoxy) is 1. The van der Waals surface area contributed by atoms with Crippen molar-refractivity contribution in [1.82, 2.24) is 15.2 Å². The van der Waals surface area contributed by atoms with Gasteiger partial charge in [0, 0.05) is 56.6 Å². The molecular weight excluding hydrogens is 466 g/mol. The number of hydrogen-bond acceptors (Lipinski definition) is 6. The molecule has 1 saturated carbocycles. The number of anilines is 2. The first-order valence-corrected chi connectivity index (χ1v) is 13.3. The summed E-state index contributed by atoms with van der Waals surface area (Å²) < 4.78 is 5.13. The minimum Gasteiger partial charge on any atom is -0.444 e. The summed E-state index contributed by atoms with van der Waals surface area (Å²) in [4.78, 5) is 31.9. The Labute approximate surface area is 220 Å². The quantitative estimate of drug-likeness (QED) is 0.364. The van der Waals surface area contributed by atoms with E-state index in [0.717, 1.165) is 54.5 Å². The lowest BCUT2D eigenvalue weighted by Gasteiger charge is -2.26. The Morgan fingerprint density at radius 2 is 2.00 bits per heavy atom. The topological polar surface area (TPSA) is 86.8 Å². The fourth-order valence-corrected chi connectivity index (χ4v) is 4.76. The van der Waals surface area contributed by atoms with Crippen LogP contribution in [0, 0.1) is 5.92 Å². The molecule has 2 N–H and O–H groups in total. The molecule has 1 fully saturated rings. The highest BCUT2D eigenvalue weighted by Crippen LogP contribution is 2.38. The van der Waals surface area contributed by atoms with Gasteiger partial charge < -0.3 is 20.3 Å². The van der Waals surface area contributed by atoms with Crippen LogP contribution in [-0.2, 0) is 16.1 Å². The molecule has 1 aliphatic heterocycles. The number of hydrogen-bond donors (Lipinski definition) is 2. The van der Waals surface area contributed by atoms with Crippen molar-refractivity contribution in [1.29, 1.82) is 0 Å². The number of aromatic nitrogens is 1. The SMILES string of the molecule is C=CC(=O)N(CCC)CCNC(CC1CC1)c1ccc([C@H](C)Nc2cc3c(cn2)COC(=O)N3C)cc1. The molecule has 0 saturated heterocycles. The third-order valence-corrected chi connectivity index (χ3v) is 7.17. The van der Waals surface area contributed by atoms with Crippen LogP contribution in [0.4, 0.5) is 16.3 Å². The number of cyclic esters (lactones) is 1. The van der Waals surface area contributed by atoms with Crippen LogP contribution < -0.4 is 15.5 Å². The van der Waals surface area contributed by atoms with Gasteiger partial charge in [0.2, 0.25) is 5.91 Å². The molecule has 1 aliphatic carbocycles. The number of fused-ring (bicyclic) bond motifs is 1. The molecule has 2 atom stereocenters. The Morgan fingerprint density at radius 1 is 1.27 bits per heavy atom. The van der Waals surface area contributed by atoms with Gasteiger partial charge in [-0.2, -0.15) is 0 Å². The number of pyridine rings is 1. The Bertz CT molecular complexity index is 1100. The number of amides is 2. The van der Waals surface area contributed by atoms with Gasteiger partial charge in [-0.05, 0) is 42.9 Å². The minimum absolute atomic E-state index is 0.00627. The molecule has 1 unspecified atom stereocenters. The smallest absolute Gasteiger partial charge is 0.414 e. The molecule has 4 rings (SSSR count). The van der Waals surface area contributed by atoms with Gasteiger partial charge >= 0.3 is 6.09 Å². The van der Waals surface area contributed by atoms with E-state index in [1.54, 1.807) is 13.2 Å². The second-order valence-corrected chi connectivity index (χ2v) is 10.1. The Morgan fingerprint density at radius 3 is 2.68 bits per heavy atom. The van der Waals surface area contributed by atoms with Crippen LogP contribution in [0.15, 0.2) is 49.2 Å². The number of nitrogens with one attached hydrogen (secondary N) is 2. The highest BCUT2D eigenvalue weighted by molar-refractivity contribution is 5.90. The molecule has 2 aromatic rings. The van der Waals surface area contributed by atoms with E-state index in [4.69, 9.17) is 4.74 Å². The highest BCUT2D eigenvalue weighted by atomic mass is 16.6. The first-order valence-electron chi connectivity index (χ1n) is 13.3. The molecular formula is C29H39N5O3. The third-order valence-electron chi connectivity index (χ3n) is 7.17. The van der Waals surface area contributed by atoms with Crippen molar-refractivity contribution in [2.45, 2.75) is 58.2 Å². The van der Waals surface area contributed by atoms with Crippen LogP contribution in [0.1, 0.15) is 68.3 Å². The summed E-state index contributed by atoms with van der Waals surface area (Å²) >= 11 is 0. The summed E-state index contributed by atoms with van der Waals surface area (Å²) in [6.07, 6.45) is 7.46. The molecule has 0 radical (unpaired) electrons. The Kier molecular flexibility index (Phi) is 8.82. The number of rotatable bonds is 13. The standard InChI is InChI=1S/C29H39N5O3/c1-5-14-34(28(35)6-2)15-13-30-25(16-21-7-8-21)23-11-9-22(10-12-23)20(3)32-27-17-26-24(18-31-27)19-37-29(36)33(26)4/h6,9-12,17-18,20-21,25,30H,2,5,7-8,13-16,19H2,1,3-4H3,(H,31,32)/t20-,25?/m0/s1. The summed E-state index contributed by atoms with van der Waals surface area (Å²) in [6.45, 7) is 10.3. The predicted octanol–water partition coefficient (Wildman–Crippen LogP) is 5.20. The summed E-state index contributed by atoms with van der Waals surface area (Å²) in [5.74, 6) is 1.49. The van der Waals surface area contributed by atoms with E-state index in [9.17, 15) is 9.59 Å². The lowest BCUT2D eigenvalue weighted by atomic mass is 9.98. The van der Waals surface area contributed by atoms with Gasteiger partial charge in [0.15, 0.2) is 0 Å². The number of carbonyl (C=O) groups excluding carboxylic acids is 2. The van der Waals surface area contributed by atoms with Crippen LogP contribution in [0.2, 0.25) is 0 Å². The molecule has 37 heavy (non-hydrogen) atoms. The molecule has 0 spiro atoms. The van der Waals surface area contributed by atoms with Crippen molar-refractivity contribution >= 4 is 23.5 Å². The average Bonchev–Trinajstić information content (AvgIpc) is 3.74. The summed E-state index contributed by atoms with van der Waals surface area (Å²) in [5, 5.41) is 7.16. The summed E-state index contributed by atoms with van der Waals surface area (Å²) in [5.41, 5.74) is 4.14. The molecule has 8 nitrogen and oxygen atoms in total. The molecule has 198 valence electrons. The predicted molar refractivity (Wildman–Crippen MR) is 146 cm³/mol. The number of carbonyl (C=O) groups is 2. The fourth-order valence-electron chi connectivity index (χ4n) is 4.76. The van der Waals surface area contributed by atoms with Crippen LogP contribution >= 0.6 is 0 Å². The molecule has 8 heteroatoms. The monoisotopic (exact) mass is 505 g/mol. The molecule has 2 aliphatic rings. The Balaban J connectivity index is 1.38. The van der Waals surface area contributed by atoms with E-state index in [-0.39, 0.29) is 30.7 Å². The van der Waals surface area contributed by atoms with Gasteiger partial charge in [-0.15, -0.1) is 0 Å². The van der Waals surface area contributed by atoms with Gasteiger partial charge in [0.05, 0.1) is 5.69 Å². The van der Waals surface area contributed by atoms with Crippen molar-refractivity contribution in [2.24, 2.45) is 5.92 Å². The van der Waals surface area contributed by atoms with Crippen molar-refractivity contribution in [2.75, 3.05) is 36.9 Å². The fraction of sp³-hybridized carbons (Fsp3) is 0.483. The van der Waals surface area contributed by atoms with Crippen LogP contribution in [-0.4, -0.2) is 48.6 Å². The van der Waals surface area contributed by atoms with E-state index in [2.05, 4.69) is 60.3 Å². The zero-order valence-electron chi connectivity index (χ0n) is 22.2. The Hall–Kier alpha value is -3.39. The van der Waals surface area contributed by atoms with E-state index < -0.39 is 0 Å². The van der Waals surface area contributed by atoms with Crippen LogP contribution in [0.5, 0.6) is 0 Å². The zero-order valence-corrected chi connectivity index (χ0v) is 22.2.